The minimum atomic E-state index is -1.07. The maximum atomic E-state index is 12.7. The Morgan fingerprint density at radius 2 is 1.84 bits per heavy atom. The standard InChI is InChI=1S/C24H32N4O4/c1-26(2)17-23(30)28-12-6-10-20(28)15-27(16-22(29)25-13-24(31)32)14-19-9-5-8-18-7-3-4-11-21(18)19/h3-5,7-9,11,20H,6,10,12-17H2,1-2H3,(H,25,29)(H,31,32). The molecule has 2 amide bonds. The van der Waals surface area contributed by atoms with Gasteiger partial charge >= 0.3 is 5.97 Å². The average Bonchev–Trinajstić information content (AvgIpc) is 3.20. The van der Waals surface area contributed by atoms with Crippen molar-refractivity contribution in [2.75, 3.05) is 46.8 Å². The molecule has 32 heavy (non-hydrogen) atoms. The summed E-state index contributed by atoms with van der Waals surface area (Å²) >= 11 is 0. The topological polar surface area (TPSA) is 93.2 Å². The molecule has 172 valence electrons. The second kappa shape index (κ2) is 11.1. The van der Waals surface area contributed by atoms with Gasteiger partial charge in [-0.15, -0.1) is 0 Å². The number of nitrogens with zero attached hydrogens (tertiary/aromatic N) is 3. The Kier molecular flexibility index (Phi) is 8.19. The fourth-order valence-electron chi connectivity index (χ4n) is 4.30. The molecule has 1 atom stereocenters. The van der Waals surface area contributed by atoms with Gasteiger partial charge < -0.3 is 20.2 Å². The minimum absolute atomic E-state index is 0.0321. The fourth-order valence-corrected chi connectivity index (χ4v) is 4.30. The molecular weight excluding hydrogens is 408 g/mol. The van der Waals surface area contributed by atoms with Crippen LogP contribution < -0.4 is 5.32 Å². The van der Waals surface area contributed by atoms with Crippen LogP contribution in [0.1, 0.15) is 18.4 Å². The molecule has 8 heteroatoms. The van der Waals surface area contributed by atoms with E-state index in [0.29, 0.717) is 19.6 Å². The number of hydrogen-bond acceptors (Lipinski definition) is 5. The van der Waals surface area contributed by atoms with Gasteiger partial charge in [-0.05, 0) is 43.3 Å². The highest BCUT2D eigenvalue weighted by Gasteiger charge is 2.30. The molecule has 1 heterocycles. The van der Waals surface area contributed by atoms with Gasteiger partial charge in [0.05, 0.1) is 13.1 Å². The Bertz CT molecular complexity index is 957. The van der Waals surface area contributed by atoms with Crippen molar-refractivity contribution in [2.24, 2.45) is 0 Å². The Hall–Kier alpha value is -2.97. The van der Waals surface area contributed by atoms with E-state index in [-0.39, 0.29) is 24.4 Å². The number of hydrogen-bond donors (Lipinski definition) is 2. The van der Waals surface area contributed by atoms with Crippen molar-refractivity contribution >= 4 is 28.6 Å². The number of likely N-dealkylation sites (tertiary alicyclic amines) is 1. The number of likely N-dealkylation sites (N-methyl/N-ethyl adjacent to an activating group) is 1. The van der Waals surface area contributed by atoms with Crippen LogP contribution in [-0.4, -0.2) is 90.5 Å². The molecule has 2 aromatic rings. The smallest absolute Gasteiger partial charge is 0.322 e. The van der Waals surface area contributed by atoms with E-state index in [1.54, 1.807) is 0 Å². The summed E-state index contributed by atoms with van der Waals surface area (Å²) in [5, 5.41) is 13.6. The van der Waals surface area contributed by atoms with Gasteiger partial charge in [0, 0.05) is 25.7 Å². The van der Waals surface area contributed by atoms with Crippen molar-refractivity contribution in [3.63, 3.8) is 0 Å². The van der Waals surface area contributed by atoms with Crippen LogP contribution in [-0.2, 0) is 20.9 Å². The lowest BCUT2D eigenvalue weighted by Crippen LogP contribution is -2.48. The maximum Gasteiger partial charge on any atom is 0.322 e. The predicted molar refractivity (Wildman–Crippen MR) is 123 cm³/mol. The highest BCUT2D eigenvalue weighted by molar-refractivity contribution is 5.86. The number of carbonyl (C=O) groups excluding carboxylic acids is 2. The molecule has 2 aromatic carbocycles. The van der Waals surface area contributed by atoms with Crippen molar-refractivity contribution in [2.45, 2.75) is 25.4 Å². The summed E-state index contributed by atoms with van der Waals surface area (Å²) in [5.41, 5.74) is 1.10. The summed E-state index contributed by atoms with van der Waals surface area (Å²) < 4.78 is 0. The molecular formula is C24H32N4O4. The van der Waals surface area contributed by atoms with Crippen molar-refractivity contribution in [1.82, 2.24) is 20.0 Å². The Morgan fingerprint density at radius 1 is 1.09 bits per heavy atom. The number of benzene rings is 2. The van der Waals surface area contributed by atoms with Crippen LogP contribution in [0.25, 0.3) is 10.8 Å². The SMILES string of the molecule is CN(C)CC(=O)N1CCCC1CN(CC(=O)NCC(=O)O)Cc1cccc2ccccc12. The molecule has 3 rings (SSSR count). The Balaban J connectivity index is 1.78. The van der Waals surface area contributed by atoms with Crippen LogP contribution >= 0.6 is 0 Å². The monoisotopic (exact) mass is 440 g/mol. The summed E-state index contributed by atoms with van der Waals surface area (Å²) in [7, 11) is 3.76. The van der Waals surface area contributed by atoms with E-state index >= 15 is 0 Å². The number of aliphatic carboxylic acids is 1. The van der Waals surface area contributed by atoms with Crippen LogP contribution in [0.4, 0.5) is 0 Å². The lowest BCUT2D eigenvalue weighted by atomic mass is 10.0. The first-order valence-corrected chi connectivity index (χ1v) is 10.9. The number of carboxylic acid groups (broad SMARTS) is 1. The van der Waals surface area contributed by atoms with Gasteiger partial charge in [0.1, 0.15) is 6.54 Å². The van der Waals surface area contributed by atoms with E-state index in [9.17, 15) is 14.4 Å². The summed E-state index contributed by atoms with van der Waals surface area (Å²) in [5.74, 6) is -1.31. The molecule has 2 N–H and O–H groups in total. The van der Waals surface area contributed by atoms with E-state index in [2.05, 4.69) is 23.5 Å². The molecule has 0 bridgehead atoms. The van der Waals surface area contributed by atoms with Crippen molar-refractivity contribution in [3.05, 3.63) is 48.0 Å². The molecule has 0 aromatic heterocycles. The second-order valence-electron chi connectivity index (χ2n) is 8.60. The van der Waals surface area contributed by atoms with Crippen LogP contribution in [0.5, 0.6) is 0 Å². The van der Waals surface area contributed by atoms with Crippen molar-refractivity contribution < 1.29 is 19.5 Å². The number of amides is 2. The molecule has 0 saturated carbocycles. The zero-order valence-corrected chi connectivity index (χ0v) is 18.8. The molecule has 0 aliphatic carbocycles. The largest absolute Gasteiger partial charge is 0.480 e. The molecule has 1 fully saturated rings. The van der Waals surface area contributed by atoms with Gasteiger partial charge in [0.25, 0.3) is 0 Å². The van der Waals surface area contributed by atoms with Gasteiger partial charge in [-0.1, -0.05) is 42.5 Å². The lowest BCUT2D eigenvalue weighted by molar-refractivity contribution is -0.138. The van der Waals surface area contributed by atoms with Gasteiger partial charge in [0.2, 0.25) is 11.8 Å². The van der Waals surface area contributed by atoms with E-state index in [4.69, 9.17) is 5.11 Å². The normalized spacial score (nSPS) is 16.1. The summed E-state index contributed by atoms with van der Waals surface area (Å²) in [6.45, 7) is 1.85. The van der Waals surface area contributed by atoms with E-state index in [1.807, 2.05) is 53.1 Å². The second-order valence-corrected chi connectivity index (χ2v) is 8.60. The molecule has 0 spiro atoms. The predicted octanol–water partition coefficient (Wildman–Crippen LogP) is 1.40. The van der Waals surface area contributed by atoms with Gasteiger partial charge in [-0.3, -0.25) is 19.3 Å². The van der Waals surface area contributed by atoms with Crippen molar-refractivity contribution in [3.8, 4) is 0 Å². The number of nitrogens with one attached hydrogen (secondary N) is 1. The third kappa shape index (κ3) is 6.51. The van der Waals surface area contributed by atoms with Crippen LogP contribution in [0.15, 0.2) is 42.5 Å². The quantitative estimate of drug-likeness (QED) is 0.580. The molecule has 1 aliphatic heterocycles. The fraction of sp³-hybridized carbons (Fsp3) is 0.458. The lowest BCUT2D eigenvalue weighted by Gasteiger charge is -2.31. The van der Waals surface area contributed by atoms with E-state index in [1.165, 1.54) is 0 Å². The third-order valence-electron chi connectivity index (χ3n) is 5.70. The Labute approximate surface area is 188 Å². The number of rotatable bonds is 10. The maximum absolute atomic E-state index is 12.7. The highest BCUT2D eigenvalue weighted by atomic mass is 16.4. The number of fused-ring (bicyclic) bond motifs is 1. The van der Waals surface area contributed by atoms with Crippen LogP contribution in [0.3, 0.4) is 0 Å². The van der Waals surface area contributed by atoms with Crippen LogP contribution in [0, 0.1) is 0 Å². The van der Waals surface area contributed by atoms with Crippen molar-refractivity contribution in [1.29, 1.82) is 0 Å². The minimum Gasteiger partial charge on any atom is -0.480 e. The first kappa shape index (κ1) is 23.7. The molecule has 1 saturated heterocycles. The van der Waals surface area contributed by atoms with Gasteiger partial charge in [-0.2, -0.15) is 0 Å². The average molecular weight is 441 g/mol. The number of carbonyl (C=O) groups is 3. The third-order valence-corrected chi connectivity index (χ3v) is 5.70. The first-order valence-electron chi connectivity index (χ1n) is 10.9. The van der Waals surface area contributed by atoms with E-state index < -0.39 is 12.5 Å². The molecule has 1 aliphatic rings. The summed E-state index contributed by atoms with van der Waals surface area (Å²) in [6, 6.07) is 14.3. The van der Waals surface area contributed by atoms with Gasteiger partial charge in [0.15, 0.2) is 0 Å². The van der Waals surface area contributed by atoms with Gasteiger partial charge in [-0.25, -0.2) is 0 Å². The zero-order valence-electron chi connectivity index (χ0n) is 18.8. The number of carboxylic acids is 1. The Morgan fingerprint density at radius 3 is 2.59 bits per heavy atom. The summed E-state index contributed by atoms with van der Waals surface area (Å²) in [4.78, 5) is 41.8. The molecule has 0 radical (unpaired) electrons. The van der Waals surface area contributed by atoms with E-state index in [0.717, 1.165) is 35.7 Å². The highest BCUT2D eigenvalue weighted by Crippen LogP contribution is 2.23. The first-order chi connectivity index (χ1) is 15.3. The summed E-state index contributed by atoms with van der Waals surface area (Å²) in [6.07, 6.45) is 1.83. The molecule has 8 nitrogen and oxygen atoms in total. The molecule has 1 unspecified atom stereocenters. The van der Waals surface area contributed by atoms with Crippen LogP contribution in [0.2, 0.25) is 0 Å². The zero-order chi connectivity index (χ0) is 23.1.